The number of hydrogen-bond acceptors (Lipinski definition) is 5. The second kappa shape index (κ2) is 10.6. The maximum atomic E-state index is 14.8. The van der Waals surface area contributed by atoms with Gasteiger partial charge >= 0.3 is 0 Å². The van der Waals surface area contributed by atoms with Gasteiger partial charge in [0.25, 0.3) is 0 Å². The van der Waals surface area contributed by atoms with E-state index in [-0.39, 0.29) is 23.8 Å². The Morgan fingerprint density at radius 3 is 2.41 bits per heavy atom. The summed E-state index contributed by atoms with van der Waals surface area (Å²) in [5, 5.41) is 6.58. The molecule has 1 atom stereocenters. The number of carbonyl (C=O) groups excluding carboxylic acids is 1. The number of rotatable bonds is 7. The lowest BCUT2D eigenvalue weighted by Gasteiger charge is -2.30. The first-order valence-corrected chi connectivity index (χ1v) is 11.8. The number of nitrogens with one attached hydrogen (secondary N) is 2. The molecule has 3 aromatic rings. The number of aromatic nitrogens is 2. The van der Waals surface area contributed by atoms with E-state index in [1.54, 1.807) is 12.3 Å². The SMILES string of the molecule is C[C@H](C(=O)NC1CCC(Nc2nccc(N(C)C)n2)CC1)c1ccc(-c2ccccc2)c(F)c1. The summed E-state index contributed by atoms with van der Waals surface area (Å²) in [4.78, 5) is 23.7. The topological polar surface area (TPSA) is 70.2 Å². The number of benzene rings is 2. The van der Waals surface area contributed by atoms with Crippen molar-refractivity contribution in [3.05, 3.63) is 72.2 Å². The molecule has 1 aromatic heterocycles. The quantitative estimate of drug-likeness (QED) is 0.519. The zero-order valence-electron chi connectivity index (χ0n) is 20.0. The van der Waals surface area contributed by atoms with Crippen molar-refractivity contribution in [2.24, 2.45) is 0 Å². The van der Waals surface area contributed by atoms with E-state index >= 15 is 0 Å². The van der Waals surface area contributed by atoms with Crippen LogP contribution >= 0.6 is 0 Å². The summed E-state index contributed by atoms with van der Waals surface area (Å²) in [5.74, 6) is 0.701. The van der Waals surface area contributed by atoms with Crippen LogP contribution in [0.3, 0.4) is 0 Å². The van der Waals surface area contributed by atoms with Gasteiger partial charge in [-0.3, -0.25) is 4.79 Å². The second-order valence-corrected chi connectivity index (χ2v) is 9.16. The molecule has 178 valence electrons. The minimum Gasteiger partial charge on any atom is -0.363 e. The largest absolute Gasteiger partial charge is 0.363 e. The van der Waals surface area contributed by atoms with Crippen LogP contribution in [0.4, 0.5) is 16.2 Å². The van der Waals surface area contributed by atoms with Gasteiger partial charge in [0.15, 0.2) is 0 Å². The fourth-order valence-corrected chi connectivity index (χ4v) is 4.36. The molecule has 0 bridgehead atoms. The highest BCUT2D eigenvalue weighted by Crippen LogP contribution is 2.27. The highest BCUT2D eigenvalue weighted by Gasteiger charge is 2.25. The number of amides is 1. The van der Waals surface area contributed by atoms with Gasteiger partial charge in [0.05, 0.1) is 5.92 Å². The van der Waals surface area contributed by atoms with Crippen molar-refractivity contribution < 1.29 is 9.18 Å². The Kier molecular flexibility index (Phi) is 7.40. The van der Waals surface area contributed by atoms with Crippen molar-refractivity contribution in [2.75, 3.05) is 24.3 Å². The number of halogens is 1. The summed E-state index contributed by atoms with van der Waals surface area (Å²) >= 11 is 0. The molecule has 7 heteroatoms. The lowest BCUT2D eigenvalue weighted by atomic mass is 9.90. The van der Waals surface area contributed by atoms with Crippen LogP contribution in [0.15, 0.2) is 60.8 Å². The number of anilines is 2. The standard InChI is InChI=1S/C27H32FN5O/c1-18(20-9-14-23(24(28)17-20)19-7-5-4-6-8-19)26(34)30-21-10-12-22(13-11-21)31-27-29-16-15-25(32-27)33(2)3/h4-9,14-18,21-22H,10-13H2,1-3H3,(H,30,34)(H,29,31,32)/t18-,21?,22?/m0/s1. The summed E-state index contributed by atoms with van der Waals surface area (Å²) in [6.07, 6.45) is 5.37. The number of hydrogen-bond donors (Lipinski definition) is 2. The van der Waals surface area contributed by atoms with E-state index in [0.29, 0.717) is 17.1 Å². The van der Waals surface area contributed by atoms with Crippen molar-refractivity contribution >= 4 is 17.7 Å². The van der Waals surface area contributed by atoms with Crippen LogP contribution in [-0.4, -0.2) is 42.1 Å². The van der Waals surface area contributed by atoms with Crippen LogP contribution in [0.5, 0.6) is 0 Å². The normalized spacial score (nSPS) is 18.7. The molecule has 1 amide bonds. The van der Waals surface area contributed by atoms with E-state index in [1.165, 1.54) is 6.07 Å². The van der Waals surface area contributed by atoms with Gasteiger partial charge in [-0.25, -0.2) is 9.37 Å². The molecule has 1 aliphatic rings. The Labute approximate surface area is 200 Å². The van der Waals surface area contributed by atoms with E-state index in [2.05, 4.69) is 20.6 Å². The first-order chi connectivity index (χ1) is 16.4. The van der Waals surface area contributed by atoms with E-state index in [0.717, 1.165) is 37.1 Å². The first kappa shape index (κ1) is 23.7. The van der Waals surface area contributed by atoms with Crippen molar-refractivity contribution in [3.8, 4) is 11.1 Å². The molecule has 1 heterocycles. The molecular weight excluding hydrogens is 429 g/mol. The molecule has 0 aliphatic heterocycles. The molecule has 1 aliphatic carbocycles. The Bertz CT molecular complexity index is 1110. The number of carbonyl (C=O) groups is 1. The highest BCUT2D eigenvalue weighted by atomic mass is 19.1. The fraction of sp³-hybridized carbons (Fsp3) is 0.370. The van der Waals surface area contributed by atoms with Gasteiger partial charge in [-0.1, -0.05) is 42.5 Å². The molecule has 0 spiro atoms. The first-order valence-electron chi connectivity index (χ1n) is 11.8. The second-order valence-electron chi connectivity index (χ2n) is 9.16. The smallest absolute Gasteiger partial charge is 0.227 e. The van der Waals surface area contributed by atoms with Crippen molar-refractivity contribution in [3.63, 3.8) is 0 Å². The van der Waals surface area contributed by atoms with Gasteiger partial charge in [0.1, 0.15) is 11.6 Å². The minimum absolute atomic E-state index is 0.0645. The van der Waals surface area contributed by atoms with E-state index in [9.17, 15) is 9.18 Å². The van der Waals surface area contributed by atoms with Gasteiger partial charge in [0, 0.05) is 37.9 Å². The zero-order chi connectivity index (χ0) is 24.1. The summed E-state index contributed by atoms with van der Waals surface area (Å²) in [7, 11) is 3.90. The van der Waals surface area contributed by atoms with Crippen LogP contribution in [0.2, 0.25) is 0 Å². The van der Waals surface area contributed by atoms with Crippen molar-refractivity contribution in [2.45, 2.75) is 50.6 Å². The lowest BCUT2D eigenvalue weighted by Crippen LogP contribution is -2.41. The van der Waals surface area contributed by atoms with Crippen molar-refractivity contribution in [1.82, 2.24) is 15.3 Å². The van der Waals surface area contributed by atoms with Crippen LogP contribution in [0.1, 0.15) is 44.1 Å². The van der Waals surface area contributed by atoms with E-state index in [1.807, 2.05) is 68.4 Å². The summed E-state index contributed by atoms with van der Waals surface area (Å²) in [5.41, 5.74) is 2.05. The van der Waals surface area contributed by atoms with Gasteiger partial charge in [-0.15, -0.1) is 0 Å². The van der Waals surface area contributed by atoms with Gasteiger partial charge in [-0.2, -0.15) is 4.98 Å². The molecule has 4 rings (SSSR count). The third kappa shape index (κ3) is 5.71. The Balaban J connectivity index is 1.30. The summed E-state index contributed by atoms with van der Waals surface area (Å²) in [6.45, 7) is 1.83. The van der Waals surface area contributed by atoms with Gasteiger partial charge in [-0.05, 0) is 55.9 Å². The van der Waals surface area contributed by atoms with Crippen molar-refractivity contribution in [1.29, 1.82) is 0 Å². The predicted molar refractivity (Wildman–Crippen MR) is 134 cm³/mol. The monoisotopic (exact) mass is 461 g/mol. The Morgan fingerprint density at radius 2 is 1.74 bits per heavy atom. The van der Waals surface area contributed by atoms with E-state index < -0.39 is 5.92 Å². The fourth-order valence-electron chi connectivity index (χ4n) is 4.36. The third-order valence-corrected chi connectivity index (χ3v) is 6.48. The maximum absolute atomic E-state index is 14.8. The minimum atomic E-state index is -0.419. The van der Waals surface area contributed by atoms with Gasteiger partial charge in [0.2, 0.25) is 11.9 Å². The molecule has 0 saturated heterocycles. The summed E-state index contributed by atoms with van der Waals surface area (Å²) < 4.78 is 14.8. The van der Waals surface area contributed by atoms with Crippen LogP contribution in [0.25, 0.3) is 11.1 Å². The Hall–Kier alpha value is -3.48. The van der Waals surface area contributed by atoms with Gasteiger partial charge < -0.3 is 15.5 Å². The van der Waals surface area contributed by atoms with E-state index in [4.69, 9.17) is 0 Å². The maximum Gasteiger partial charge on any atom is 0.227 e. The average molecular weight is 462 g/mol. The van der Waals surface area contributed by atoms with Crippen LogP contribution in [-0.2, 0) is 4.79 Å². The molecular formula is C27H32FN5O. The molecule has 1 fully saturated rings. The Morgan fingerprint density at radius 1 is 1.03 bits per heavy atom. The highest BCUT2D eigenvalue weighted by molar-refractivity contribution is 5.83. The molecule has 0 unspecified atom stereocenters. The predicted octanol–water partition coefficient (Wildman–Crippen LogP) is 4.99. The molecule has 1 saturated carbocycles. The average Bonchev–Trinajstić information content (AvgIpc) is 2.85. The summed E-state index contributed by atoms with van der Waals surface area (Å²) in [6, 6.07) is 16.8. The number of nitrogens with zero attached hydrogens (tertiary/aromatic N) is 3. The molecule has 2 N–H and O–H groups in total. The van der Waals surface area contributed by atoms with Crippen LogP contribution < -0.4 is 15.5 Å². The molecule has 34 heavy (non-hydrogen) atoms. The zero-order valence-corrected chi connectivity index (χ0v) is 20.0. The molecule has 2 aromatic carbocycles. The third-order valence-electron chi connectivity index (χ3n) is 6.48. The molecule has 0 radical (unpaired) electrons. The lowest BCUT2D eigenvalue weighted by molar-refractivity contribution is -0.123. The van der Waals surface area contributed by atoms with Crippen LogP contribution in [0, 0.1) is 5.82 Å². The molecule has 6 nitrogen and oxygen atoms in total.